The number of hydrogen-bond donors (Lipinski definition) is 2. The van der Waals surface area contributed by atoms with Gasteiger partial charge in [-0.1, -0.05) is 0 Å². The van der Waals surface area contributed by atoms with Crippen molar-refractivity contribution in [1.82, 2.24) is 5.32 Å². The van der Waals surface area contributed by atoms with Crippen LogP contribution in [0.2, 0.25) is 0 Å². The molecular weight excluding hydrogens is 260 g/mol. The van der Waals surface area contributed by atoms with Crippen molar-refractivity contribution in [3.05, 3.63) is 0 Å². The first-order chi connectivity index (χ1) is 8.41. The smallest absolute Gasteiger partial charge is 0.305 e. The van der Waals surface area contributed by atoms with E-state index < -0.39 is 15.8 Å². The van der Waals surface area contributed by atoms with Crippen LogP contribution in [0.3, 0.4) is 0 Å². The molecule has 0 saturated heterocycles. The molecule has 7 nitrogen and oxygen atoms in total. The number of nitrogens with one attached hydrogen (secondary N) is 1. The Kier molecular flexibility index (Phi) is 8.30. The van der Waals surface area contributed by atoms with Crippen molar-refractivity contribution in [1.29, 1.82) is 0 Å². The van der Waals surface area contributed by atoms with Crippen molar-refractivity contribution in [2.45, 2.75) is 19.3 Å². The lowest BCUT2D eigenvalue weighted by atomic mass is 10.3. The minimum atomic E-state index is -3.31. The van der Waals surface area contributed by atoms with Crippen molar-refractivity contribution in [2.24, 2.45) is 5.73 Å². The van der Waals surface area contributed by atoms with E-state index in [1.54, 1.807) is 0 Å². The predicted molar refractivity (Wildman–Crippen MR) is 66.6 cm³/mol. The molecule has 8 heteroatoms. The van der Waals surface area contributed by atoms with Gasteiger partial charge in [0.25, 0.3) is 0 Å². The molecule has 106 valence electrons. The molecule has 18 heavy (non-hydrogen) atoms. The van der Waals surface area contributed by atoms with E-state index in [1.165, 1.54) is 7.11 Å². The summed E-state index contributed by atoms with van der Waals surface area (Å²) in [6.45, 7) is 0.652. The summed E-state index contributed by atoms with van der Waals surface area (Å²) in [6, 6.07) is 0. The van der Waals surface area contributed by atoms with Crippen LogP contribution < -0.4 is 11.1 Å². The molecule has 0 bridgehead atoms. The Hall–Kier alpha value is -1.15. The van der Waals surface area contributed by atoms with Gasteiger partial charge in [0, 0.05) is 25.9 Å². The van der Waals surface area contributed by atoms with E-state index in [9.17, 15) is 18.0 Å². The van der Waals surface area contributed by atoms with Gasteiger partial charge in [-0.25, -0.2) is 8.42 Å². The van der Waals surface area contributed by atoms with Gasteiger partial charge < -0.3 is 15.8 Å². The summed E-state index contributed by atoms with van der Waals surface area (Å²) in [7, 11) is -2.06. The van der Waals surface area contributed by atoms with Gasteiger partial charge in [0.2, 0.25) is 5.91 Å². The van der Waals surface area contributed by atoms with Gasteiger partial charge >= 0.3 is 5.97 Å². The van der Waals surface area contributed by atoms with E-state index >= 15 is 0 Å². The van der Waals surface area contributed by atoms with E-state index in [0.29, 0.717) is 13.1 Å². The van der Waals surface area contributed by atoms with Gasteiger partial charge in [0.05, 0.1) is 18.6 Å². The maximum Gasteiger partial charge on any atom is 0.305 e. The summed E-state index contributed by atoms with van der Waals surface area (Å²) < 4.78 is 27.4. The molecule has 3 N–H and O–H groups in total. The number of rotatable bonds is 9. The minimum Gasteiger partial charge on any atom is -0.469 e. The average molecular weight is 280 g/mol. The van der Waals surface area contributed by atoms with Crippen LogP contribution in [0.25, 0.3) is 0 Å². The summed E-state index contributed by atoms with van der Waals surface area (Å²) in [5.74, 6) is -1.11. The number of nitrogens with two attached hydrogens (primary N) is 1. The summed E-state index contributed by atoms with van der Waals surface area (Å²) in [5.41, 5.74) is 5.19. The number of methoxy groups -OCH3 is 1. The maximum absolute atomic E-state index is 11.5. The molecular formula is C10H20N2O5S. The van der Waals surface area contributed by atoms with Crippen LogP contribution in [0.4, 0.5) is 0 Å². The zero-order valence-electron chi connectivity index (χ0n) is 10.5. The van der Waals surface area contributed by atoms with E-state index in [0.717, 1.165) is 0 Å². The second-order valence-corrected chi connectivity index (χ2v) is 6.02. The normalized spacial score (nSPS) is 11.0. The van der Waals surface area contributed by atoms with Gasteiger partial charge in [-0.15, -0.1) is 0 Å². The molecule has 0 rings (SSSR count). The molecule has 0 saturated carbocycles. The Labute approximate surface area is 107 Å². The number of carbonyl (C=O) groups excluding carboxylic acids is 2. The Morgan fingerprint density at radius 1 is 1.22 bits per heavy atom. The van der Waals surface area contributed by atoms with Crippen LogP contribution in [-0.2, 0) is 24.2 Å². The predicted octanol–water partition coefficient (Wildman–Crippen LogP) is -1.18. The molecule has 0 heterocycles. The number of carbonyl (C=O) groups is 2. The topological polar surface area (TPSA) is 116 Å². The zero-order chi connectivity index (χ0) is 14.0. The van der Waals surface area contributed by atoms with Crippen LogP contribution in [0, 0.1) is 0 Å². The molecule has 0 aliphatic carbocycles. The SMILES string of the molecule is COC(=O)CCCS(=O)(=O)CCC(=O)NCCN. The van der Waals surface area contributed by atoms with Gasteiger partial charge in [-0.3, -0.25) is 9.59 Å². The number of esters is 1. The van der Waals surface area contributed by atoms with E-state index in [4.69, 9.17) is 5.73 Å². The first-order valence-electron chi connectivity index (χ1n) is 5.65. The maximum atomic E-state index is 11.5. The van der Waals surface area contributed by atoms with E-state index in [-0.39, 0.29) is 36.7 Å². The van der Waals surface area contributed by atoms with Crippen molar-refractivity contribution < 1.29 is 22.7 Å². The number of amides is 1. The third-order valence-electron chi connectivity index (χ3n) is 2.17. The Morgan fingerprint density at radius 2 is 1.89 bits per heavy atom. The van der Waals surface area contributed by atoms with Crippen LogP contribution >= 0.6 is 0 Å². The summed E-state index contributed by atoms with van der Waals surface area (Å²) in [5, 5.41) is 2.49. The van der Waals surface area contributed by atoms with Crippen molar-refractivity contribution in [2.75, 3.05) is 31.7 Å². The lowest BCUT2D eigenvalue weighted by molar-refractivity contribution is -0.140. The highest BCUT2D eigenvalue weighted by molar-refractivity contribution is 7.91. The third kappa shape index (κ3) is 8.94. The number of ether oxygens (including phenoxy) is 1. The molecule has 0 aliphatic heterocycles. The van der Waals surface area contributed by atoms with E-state index in [2.05, 4.69) is 10.1 Å². The zero-order valence-corrected chi connectivity index (χ0v) is 11.3. The summed E-state index contributed by atoms with van der Waals surface area (Å²) >= 11 is 0. The fourth-order valence-electron chi connectivity index (χ4n) is 1.19. The van der Waals surface area contributed by atoms with Gasteiger partial charge in [-0.05, 0) is 6.42 Å². The molecule has 1 amide bonds. The molecule has 0 aromatic heterocycles. The van der Waals surface area contributed by atoms with Crippen LogP contribution in [-0.4, -0.2) is 52.0 Å². The second kappa shape index (κ2) is 8.87. The first-order valence-corrected chi connectivity index (χ1v) is 7.47. The lowest BCUT2D eigenvalue weighted by Crippen LogP contribution is -2.30. The van der Waals surface area contributed by atoms with Crippen molar-refractivity contribution >= 4 is 21.7 Å². The highest BCUT2D eigenvalue weighted by Gasteiger charge is 2.14. The highest BCUT2D eigenvalue weighted by atomic mass is 32.2. The van der Waals surface area contributed by atoms with E-state index in [1.807, 2.05) is 0 Å². The molecule has 0 atom stereocenters. The summed E-state index contributed by atoms with van der Waals surface area (Å²) in [4.78, 5) is 22.0. The fraction of sp³-hybridized carbons (Fsp3) is 0.800. The quantitative estimate of drug-likeness (QED) is 0.514. The number of hydrogen-bond acceptors (Lipinski definition) is 6. The Balaban J connectivity index is 3.87. The molecule has 0 unspecified atom stereocenters. The lowest BCUT2D eigenvalue weighted by Gasteiger charge is -2.05. The second-order valence-electron chi connectivity index (χ2n) is 3.72. The van der Waals surface area contributed by atoms with Crippen LogP contribution in [0.5, 0.6) is 0 Å². The molecule has 0 aliphatic rings. The number of sulfone groups is 1. The van der Waals surface area contributed by atoms with Gasteiger partial charge in [0.1, 0.15) is 0 Å². The molecule has 0 radical (unpaired) electrons. The van der Waals surface area contributed by atoms with Crippen LogP contribution in [0.1, 0.15) is 19.3 Å². The van der Waals surface area contributed by atoms with Gasteiger partial charge in [-0.2, -0.15) is 0 Å². The first kappa shape index (κ1) is 16.9. The van der Waals surface area contributed by atoms with Crippen LogP contribution in [0.15, 0.2) is 0 Å². The largest absolute Gasteiger partial charge is 0.469 e. The standard InChI is InChI=1S/C10H20N2O5S/c1-17-10(14)3-2-7-18(15,16)8-4-9(13)12-6-5-11/h2-8,11H2,1H3,(H,12,13). The monoisotopic (exact) mass is 280 g/mol. The fourth-order valence-corrected chi connectivity index (χ4v) is 2.47. The van der Waals surface area contributed by atoms with Crippen molar-refractivity contribution in [3.8, 4) is 0 Å². The summed E-state index contributed by atoms with van der Waals surface area (Å²) in [6.07, 6.45) is 0.190. The molecule has 0 aromatic carbocycles. The Morgan fingerprint density at radius 3 is 2.44 bits per heavy atom. The highest BCUT2D eigenvalue weighted by Crippen LogP contribution is 2.01. The molecule has 0 spiro atoms. The van der Waals surface area contributed by atoms with Gasteiger partial charge in [0.15, 0.2) is 9.84 Å². The molecule has 0 aromatic rings. The van der Waals surface area contributed by atoms with Crippen molar-refractivity contribution in [3.63, 3.8) is 0 Å². The third-order valence-corrected chi connectivity index (χ3v) is 3.91. The Bertz CT molecular complexity index is 366. The minimum absolute atomic E-state index is 0.0646. The molecule has 0 fully saturated rings. The average Bonchev–Trinajstić information content (AvgIpc) is 2.33.